The van der Waals surface area contributed by atoms with Crippen molar-refractivity contribution in [3.63, 3.8) is 0 Å². The van der Waals surface area contributed by atoms with Crippen LogP contribution in [0.2, 0.25) is 0 Å². The van der Waals surface area contributed by atoms with Crippen molar-refractivity contribution >= 4 is 16.8 Å². The third-order valence-corrected chi connectivity index (χ3v) is 4.71. The highest BCUT2D eigenvalue weighted by Gasteiger charge is 2.36. The number of amides is 1. The van der Waals surface area contributed by atoms with Crippen LogP contribution in [-0.2, 0) is 10.3 Å². The van der Waals surface area contributed by atoms with E-state index in [9.17, 15) is 4.79 Å². The minimum Gasteiger partial charge on any atom is -0.381 e. The molecule has 5 heteroatoms. The summed E-state index contributed by atoms with van der Waals surface area (Å²) in [4.78, 5) is 12.9. The van der Waals surface area contributed by atoms with Crippen molar-refractivity contribution in [1.82, 2.24) is 15.5 Å². The minimum absolute atomic E-state index is 0.154. The van der Waals surface area contributed by atoms with E-state index in [0.29, 0.717) is 18.9 Å². The van der Waals surface area contributed by atoms with E-state index in [1.54, 1.807) is 0 Å². The van der Waals surface area contributed by atoms with E-state index in [2.05, 4.69) is 27.6 Å². The number of aromatic amines is 1. The third kappa shape index (κ3) is 2.57. The fourth-order valence-corrected chi connectivity index (χ4v) is 3.38. The largest absolute Gasteiger partial charge is 0.381 e. The van der Waals surface area contributed by atoms with Crippen molar-refractivity contribution in [3.8, 4) is 0 Å². The monoisotopic (exact) mass is 321 g/mol. The molecule has 0 radical (unpaired) electrons. The summed E-state index contributed by atoms with van der Waals surface area (Å²) in [6.45, 7) is 1.27. The first kappa shape index (κ1) is 14.9. The molecule has 0 unspecified atom stereocenters. The molecule has 1 aliphatic heterocycles. The molecule has 24 heavy (non-hydrogen) atoms. The van der Waals surface area contributed by atoms with Gasteiger partial charge in [0.15, 0.2) is 5.69 Å². The summed E-state index contributed by atoms with van der Waals surface area (Å²) in [5, 5.41) is 11.2. The number of ether oxygens (including phenoxy) is 1. The molecule has 122 valence electrons. The molecule has 3 aromatic rings. The van der Waals surface area contributed by atoms with Crippen LogP contribution in [-0.4, -0.2) is 29.3 Å². The molecule has 1 saturated heterocycles. The van der Waals surface area contributed by atoms with Crippen LogP contribution in [0.5, 0.6) is 0 Å². The number of aromatic nitrogens is 2. The second-order valence-electron chi connectivity index (χ2n) is 6.13. The summed E-state index contributed by atoms with van der Waals surface area (Å²) in [6.07, 6.45) is 1.51. The Morgan fingerprint density at radius 1 is 1.04 bits per heavy atom. The molecule has 2 heterocycles. The Hall–Kier alpha value is -2.66. The van der Waals surface area contributed by atoms with Gasteiger partial charge in [-0.05, 0) is 24.5 Å². The van der Waals surface area contributed by atoms with Gasteiger partial charge in [-0.15, -0.1) is 0 Å². The van der Waals surface area contributed by atoms with Crippen LogP contribution in [0, 0.1) is 0 Å². The fraction of sp³-hybridized carbons (Fsp3) is 0.263. The summed E-state index contributed by atoms with van der Waals surface area (Å²) in [5.74, 6) is -0.154. The van der Waals surface area contributed by atoms with Crippen molar-refractivity contribution in [2.24, 2.45) is 0 Å². The maximum Gasteiger partial charge on any atom is 0.273 e. The summed E-state index contributed by atoms with van der Waals surface area (Å²) < 4.78 is 5.52. The number of fused-ring (bicyclic) bond motifs is 1. The van der Waals surface area contributed by atoms with Gasteiger partial charge in [-0.1, -0.05) is 48.5 Å². The Labute approximate surface area is 140 Å². The van der Waals surface area contributed by atoms with Crippen LogP contribution in [0.25, 0.3) is 10.9 Å². The van der Waals surface area contributed by atoms with Gasteiger partial charge < -0.3 is 10.1 Å². The van der Waals surface area contributed by atoms with Crippen LogP contribution in [0.1, 0.15) is 28.9 Å². The second kappa shape index (κ2) is 6.09. The average molecular weight is 321 g/mol. The molecule has 1 amide bonds. The lowest BCUT2D eigenvalue weighted by molar-refractivity contribution is 0.0344. The number of nitrogens with zero attached hydrogens (tertiary/aromatic N) is 1. The fourth-order valence-electron chi connectivity index (χ4n) is 3.38. The summed E-state index contributed by atoms with van der Waals surface area (Å²) in [6, 6.07) is 17.8. The van der Waals surface area contributed by atoms with E-state index in [1.807, 2.05) is 42.5 Å². The zero-order chi connectivity index (χ0) is 16.4. The number of hydrogen-bond acceptors (Lipinski definition) is 3. The molecule has 1 aromatic heterocycles. The van der Waals surface area contributed by atoms with Gasteiger partial charge in [-0.2, -0.15) is 5.10 Å². The van der Waals surface area contributed by atoms with Crippen molar-refractivity contribution in [3.05, 3.63) is 65.9 Å². The normalized spacial score (nSPS) is 16.8. The summed E-state index contributed by atoms with van der Waals surface area (Å²) in [7, 11) is 0. The predicted octanol–water partition coefficient (Wildman–Crippen LogP) is 3.00. The van der Waals surface area contributed by atoms with E-state index in [4.69, 9.17) is 4.74 Å². The number of para-hydroxylation sites is 1. The molecule has 5 nitrogen and oxygen atoms in total. The molecule has 4 rings (SSSR count). The molecule has 1 aliphatic rings. The van der Waals surface area contributed by atoms with E-state index in [-0.39, 0.29) is 5.91 Å². The molecule has 0 saturated carbocycles. The zero-order valence-corrected chi connectivity index (χ0v) is 13.3. The lowest BCUT2D eigenvalue weighted by Crippen LogP contribution is -2.49. The predicted molar refractivity (Wildman–Crippen MR) is 91.7 cm³/mol. The Balaban J connectivity index is 1.69. The molecule has 0 spiro atoms. The average Bonchev–Trinajstić information content (AvgIpc) is 3.07. The van der Waals surface area contributed by atoms with Crippen molar-refractivity contribution < 1.29 is 9.53 Å². The minimum atomic E-state index is -0.406. The van der Waals surface area contributed by atoms with Gasteiger partial charge in [0.2, 0.25) is 0 Å². The smallest absolute Gasteiger partial charge is 0.273 e. The van der Waals surface area contributed by atoms with Crippen molar-refractivity contribution in [2.45, 2.75) is 18.4 Å². The van der Waals surface area contributed by atoms with Crippen molar-refractivity contribution in [2.75, 3.05) is 13.2 Å². The van der Waals surface area contributed by atoms with Gasteiger partial charge in [0.05, 0.1) is 11.1 Å². The lowest BCUT2D eigenvalue weighted by Gasteiger charge is -2.38. The zero-order valence-electron chi connectivity index (χ0n) is 13.3. The molecule has 0 bridgehead atoms. The van der Waals surface area contributed by atoms with Crippen LogP contribution in [0.15, 0.2) is 54.6 Å². The van der Waals surface area contributed by atoms with Gasteiger partial charge in [0, 0.05) is 18.6 Å². The number of carbonyl (C=O) groups is 1. The Morgan fingerprint density at radius 3 is 2.54 bits per heavy atom. The van der Waals surface area contributed by atoms with E-state index < -0.39 is 5.54 Å². The molecular formula is C19H19N3O2. The number of rotatable bonds is 3. The molecule has 2 N–H and O–H groups in total. The summed E-state index contributed by atoms with van der Waals surface area (Å²) in [5.41, 5.74) is 2.01. The maximum atomic E-state index is 12.9. The second-order valence-corrected chi connectivity index (χ2v) is 6.13. The molecule has 2 aromatic carbocycles. The molecule has 1 fully saturated rings. The summed E-state index contributed by atoms with van der Waals surface area (Å²) >= 11 is 0. The quantitative estimate of drug-likeness (QED) is 0.779. The highest BCUT2D eigenvalue weighted by molar-refractivity contribution is 6.04. The van der Waals surface area contributed by atoms with Crippen LogP contribution < -0.4 is 5.32 Å². The molecular weight excluding hydrogens is 302 g/mol. The first-order chi connectivity index (χ1) is 11.8. The number of benzene rings is 2. The first-order valence-corrected chi connectivity index (χ1v) is 8.17. The number of nitrogens with one attached hydrogen (secondary N) is 2. The standard InChI is InChI=1S/C19H19N3O2/c23-18(17-15-8-4-5-9-16(15)21-22-17)20-19(10-12-24-13-11-19)14-6-2-1-3-7-14/h1-9H,10-13H2,(H,20,23)(H,21,22). The van der Waals surface area contributed by atoms with Crippen LogP contribution >= 0.6 is 0 Å². The highest BCUT2D eigenvalue weighted by atomic mass is 16.5. The van der Waals surface area contributed by atoms with E-state index >= 15 is 0 Å². The Kier molecular flexibility index (Phi) is 3.78. The highest BCUT2D eigenvalue weighted by Crippen LogP contribution is 2.32. The Morgan fingerprint density at radius 2 is 1.75 bits per heavy atom. The van der Waals surface area contributed by atoms with Crippen LogP contribution in [0.4, 0.5) is 0 Å². The van der Waals surface area contributed by atoms with Gasteiger partial charge >= 0.3 is 0 Å². The van der Waals surface area contributed by atoms with Gasteiger partial charge in [0.1, 0.15) is 0 Å². The third-order valence-electron chi connectivity index (χ3n) is 4.71. The van der Waals surface area contributed by atoms with Gasteiger partial charge in [-0.3, -0.25) is 9.89 Å². The molecule has 0 atom stereocenters. The molecule has 0 aliphatic carbocycles. The lowest BCUT2D eigenvalue weighted by atomic mass is 9.82. The number of H-pyrrole nitrogens is 1. The van der Waals surface area contributed by atoms with Crippen LogP contribution in [0.3, 0.4) is 0 Å². The number of hydrogen-bond donors (Lipinski definition) is 2. The first-order valence-electron chi connectivity index (χ1n) is 8.17. The SMILES string of the molecule is O=C(NC1(c2ccccc2)CCOCC1)c1n[nH]c2ccccc12. The van der Waals surface area contributed by atoms with E-state index in [0.717, 1.165) is 29.3 Å². The van der Waals surface area contributed by atoms with Gasteiger partial charge in [0.25, 0.3) is 5.91 Å². The van der Waals surface area contributed by atoms with Gasteiger partial charge in [-0.25, -0.2) is 0 Å². The topological polar surface area (TPSA) is 67.0 Å². The number of carbonyl (C=O) groups excluding carboxylic acids is 1. The maximum absolute atomic E-state index is 12.9. The van der Waals surface area contributed by atoms with E-state index in [1.165, 1.54) is 0 Å². The van der Waals surface area contributed by atoms with Crippen molar-refractivity contribution in [1.29, 1.82) is 0 Å². The Bertz CT molecular complexity index is 851.